The lowest BCUT2D eigenvalue weighted by Gasteiger charge is -2.27. The molecule has 1 aliphatic heterocycles. The number of nitrogens with one attached hydrogen (secondary N) is 2. The van der Waals surface area contributed by atoms with Crippen LogP contribution in [0.3, 0.4) is 0 Å². The topological polar surface area (TPSA) is 115 Å². The number of hydrogen-bond donors (Lipinski definition) is 2. The molecule has 2 amide bonds. The Kier molecular flexibility index (Phi) is 12.4. The van der Waals surface area contributed by atoms with Crippen LogP contribution in [-0.4, -0.2) is 94.1 Å². The molecular weight excluding hydrogens is 482 g/mol. The number of carbonyl (C=O) groups excluding carboxylic acids is 3. The lowest BCUT2D eigenvalue weighted by Crippen LogP contribution is -2.56. The van der Waals surface area contributed by atoms with E-state index in [1.807, 2.05) is 0 Å². The number of esters is 1. The summed E-state index contributed by atoms with van der Waals surface area (Å²) in [6, 6.07) is 5.07. The molecule has 1 aromatic carbocycles. The zero-order valence-electron chi connectivity index (χ0n) is 18.7. The average molecular weight is 509 g/mol. The van der Waals surface area contributed by atoms with Gasteiger partial charge in [-0.25, -0.2) is 4.79 Å². The van der Waals surface area contributed by atoms with Crippen molar-refractivity contribution in [3.8, 4) is 0 Å². The summed E-state index contributed by atoms with van der Waals surface area (Å²) in [6.45, 7) is -7.01. The van der Waals surface area contributed by atoms with Crippen LogP contribution < -0.4 is 10.6 Å². The molecular formula is C21H27F4N3O7. The highest BCUT2D eigenvalue weighted by atomic mass is 19.3. The normalized spacial score (nSPS) is 16.1. The van der Waals surface area contributed by atoms with Crippen LogP contribution in [0.15, 0.2) is 30.3 Å². The van der Waals surface area contributed by atoms with Crippen molar-refractivity contribution in [2.24, 2.45) is 0 Å². The van der Waals surface area contributed by atoms with Gasteiger partial charge in [0.25, 0.3) is 0 Å². The summed E-state index contributed by atoms with van der Waals surface area (Å²) in [7, 11) is 0. The third kappa shape index (κ3) is 11.4. The van der Waals surface area contributed by atoms with Crippen LogP contribution in [0.25, 0.3) is 0 Å². The summed E-state index contributed by atoms with van der Waals surface area (Å²) in [6.07, 6.45) is 0. The second-order valence-electron chi connectivity index (χ2n) is 7.35. The van der Waals surface area contributed by atoms with Gasteiger partial charge in [0, 0.05) is 13.1 Å². The van der Waals surface area contributed by atoms with E-state index in [9.17, 15) is 31.9 Å². The van der Waals surface area contributed by atoms with E-state index in [2.05, 4.69) is 20.1 Å². The molecule has 1 saturated heterocycles. The molecule has 0 radical (unpaired) electrons. The first-order valence-electron chi connectivity index (χ1n) is 10.6. The highest BCUT2D eigenvalue weighted by Crippen LogP contribution is 2.05. The first kappa shape index (κ1) is 28.4. The molecule has 0 unspecified atom stereocenters. The Morgan fingerprint density at radius 2 is 1.51 bits per heavy atom. The van der Waals surface area contributed by atoms with Gasteiger partial charge >= 0.3 is 19.2 Å². The summed E-state index contributed by atoms with van der Waals surface area (Å²) < 4.78 is 68.7. The van der Waals surface area contributed by atoms with Gasteiger partial charge in [0.05, 0.1) is 33.0 Å². The molecule has 0 bridgehead atoms. The van der Waals surface area contributed by atoms with Crippen LogP contribution in [0.2, 0.25) is 0 Å². The van der Waals surface area contributed by atoms with Crippen LogP contribution in [0.1, 0.15) is 5.56 Å². The number of nitrogens with zero attached hydrogens (tertiary/aromatic N) is 1. The van der Waals surface area contributed by atoms with E-state index in [1.165, 1.54) is 0 Å². The van der Waals surface area contributed by atoms with Crippen molar-refractivity contribution in [1.29, 1.82) is 0 Å². The molecule has 1 aromatic rings. The molecule has 1 fully saturated rings. The van der Waals surface area contributed by atoms with Gasteiger partial charge in [-0.1, -0.05) is 30.3 Å². The molecule has 196 valence electrons. The van der Waals surface area contributed by atoms with Gasteiger partial charge in [-0.05, 0) is 5.56 Å². The molecule has 2 N–H and O–H groups in total. The summed E-state index contributed by atoms with van der Waals surface area (Å²) >= 11 is 0. The fourth-order valence-electron chi connectivity index (χ4n) is 2.99. The first-order chi connectivity index (χ1) is 16.7. The summed E-state index contributed by atoms with van der Waals surface area (Å²) in [5, 5.41) is 4.35. The monoisotopic (exact) mass is 509 g/mol. The van der Waals surface area contributed by atoms with Gasteiger partial charge in [-0.15, -0.1) is 0 Å². The number of hydrogen-bond acceptors (Lipinski definition) is 8. The van der Waals surface area contributed by atoms with Crippen molar-refractivity contribution in [3.63, 3.8) is 0 Å². The Hall–Kier alpha value is -2.81. The number of alkyl halides is 4. The number of amides is 2. The molecule has 0 aliphatic carbocycles. The van der Waals surface area contributed by atoms with Crippen LogP contribution in [0.4, 0.5) is 17.6 Å². The van der Waals surface area contributed by atoms with Gasteiger partial charge in [0.2, 0.25) is 11.8 Å². The Balaban J connectivity index is 2.01. The van der Waals surface area contributed by atoms with Gasteiger partial charge < -0.3 is 29.6 Å². The predicted octanol–water partition coefficient (Wildman–Crippen LogP) is 0.510. The molecule has 1 heterocycles. The maximum absolute atomic E-state index is 12.7. The van der Waals surface area contributed by atoms with E-state index in [-0.39, 0.29) is 13.2 Å². The van der Waals surface area contributed by atoms with E-state index in [4.69, 9.17) is 9.47 Å². The predicted molar refractivity (Wildman–Crippen MR) is 111 cm³/mol. The molecule has 1 aliphatic rings. The maximum atomic E-state index is 12.7. The quantitative estimate of drug-likeness (QED) is 0.276. The van der Waals surface area contributed by atoms with Crippen LogP contribution in [0.5, 0.6) is 0 Å². The number of halogens is 4. The Morgan fingerprint density at radius 1 is 0.914 bits per heavy atom. The molecule has 10 nitrogen and oxygen atoms in total. The van der Waals surface area contributed by atoms with Crippen LogP contribution >= 0.6 is 0 Å². The number of ether oxygens (including phenoxy) is 4. The van der Waals surface area contributed by atoms with Gasteiger partial charge in [-0.2, -0.15) is 17.6 Å². The first-order valence-corrected chi connectivity index (χ1v) is 10.6. The Bertz CT molecular complexity index is 798. The second kappa shape index (κ2) is 15.2. The average Bonchev–Trinajstić information content (AvgIpc) is 2.83. The fourth-order valence-corrected chi connectivity index (χ4v) is 2.99. The van der Waals surface area contributed by atoms with Gasteiger partial charge in [0.15, 0.2) is 6.04 Å². The van der Waals surface area contributed by atoms with Crippen molar-refractivity contribution in [2.75, 3.05) is 46.1 Å². The highest BCUT2D eigenvalue weighted by Gasteiger charge is 2.30. The lowest BCUT2D eigenvalue weighted by atomic mass is 10.2. The van der Waals surface area contributed by atoms with Crippen molar-refractivity contribution in [2.45, 2.75) is 31.9 Å². The van der Waals surface area contributed by atoms with Crippen molar-refractivity contribution in [1.82, 2.24) is 15.5 Å². The molecule has 0 saturated carbocycles. The largest absolute Gasteiger partial charge is 0.459 e. The third-order valence-corrected chi connectivity index (χ3v) is 4.73. The van der Waals surface area contributed by atoms with Gasteiger partial charge in [-0.3, -0.25) is 14.5 Å². The minimum atomic E-state index is -3.25. The maximum Gasteiger partial charge on any atom is 0.345 e. The van der Waals surface area contributed by atoms with Crippen molar-refractivity contribution >= 4 is 17.8 Å². The molecule has 2 atom stereocenters. The fraction of sp³-hybridized carbons (Fsp3) is 0.571. The second-order valence-corrected chi connectivity index (χ2v) is 7.35. The van der Waals surface area contributed by atoms with Crippen molar-refractivity contribution in [3.05, 3.63) is 35.9 Å². The van der Waals surface area contributed by atoms with E-state index in [1.54, 1.807) is 35.2 Å². The number of carbonyl (C=O) groups is 3. The van der Waals surface area contributed by atoms with E-state index >= 15 is 0 Å². The number of benzene rings is 1. The van der Waals surface area contributed by atoms with Crippen LogP contribution in [0, 0.1) is 0 Å². The molecule has 2 rings (SSSR count). The zero-order chi connectivity index (χ0) is 25.6. The van der Waals surface area contributed by atoms with Crippen molar-refractivity contribution < 1.29 is 50.9 Å². The van der Waals surface area contributed by atoms with Crippen LogP contribution in [-0.2, 0) is 39.9 Å². The molecule has 14 heteroatoms. The number of morpholine rings is 1. The molecule has 35 heavy (non-hydrogen) atoms. The summed E-state index contributed by atoms with van der Waals surface area (Å²) in [5.74, 6) is -2.89. The van der Waals surface area contributed by atoms with E-state index < -0.39 is 56.3 Å². The van der Waals surface area contributed by atoms with E-state index in [0.717, 1.165) is 0 Å². The van der Waals surface area contributed by atoms with E-state index in [0.29, 0.717) is 31.9 Å². The Labute approximate surface area is 198 Å². The molecule has 0 aromatic heterocycles. The minimum Gasteiger partial charge on any atom is -0.459 e. The summed E-state index contributed by atoms with van der Waals surface area (Å²) in [4.78, 5) is 39.2. The minimum absolute atomic E-state index is 0.140. The Morgan fingerprint density at radius 3 is 2.11 bits per heavy atom. The highest BCUT2D eigenvalue weighted by molar-refractivity contribution is 5.91. The lowest BCUT2D eigenvalue weighted by molar-refractivity contribution is -0.163. The smallest absolute Gasteiger partial charge is 0.345 e. The standard InChI is InChI=1S/C21H27F4N3O7/c22-20(23)34-12-15(26-17(29)10-28-6-8-32-9-7-28)18(30)27-16(13-35-21(24)25)19(31)33-11-14-4-2-1-3-5-14/h1-5,15-16,20-21H,6-13H2,(H,26,29)(H,27,30)/t15-,16-/m0/s1. The number of rotatable bonds is 14. The summed E-state index contributed by atoms with van der Waals surface area (Å²) in [5.41, 5.74) is 0.597. The van der Waals surface area contributed by atoms with Gasteiger partial charge in [0.1, 0.15) is 12.6 Å². The molecule has 0 spiro atoms. The SMILES string of the molecule is O=C(CN1CCOCC1)N[C@@H](COC(F)F)C(=O)N[C@@H](COC(F)F)C(=O)OCc1ccccc1. The zero-order valence-corrected chi connectivity index (χ0v) is 18.7. The third-order valence-electron chi connectivity index (χ3n) is 4.73.